The van der Waals surface area contributed by atoms with Gasteiger partial charge in [-0.15, -0.1) is 0 Å². The zero-order valence-corrected chi connectivity index (χ0v) is 12.1. The third kappa shape index (κ3) is 2.76. The first-order chi connectivity index (χ1) is 10.0. The summed E-state index contributed by atoms with van der Waals surface area (Å²) in [6, 6.07) is 10.8. The third-order valence-corrected chi connectivity index (χ3v) is 3.55. The highest BCUT2D eigenvalue weighted by Crippen LogP contribution is 2.25. The van der Waals surface area contributed by atoms with Gasteiger partial charge in [-0.2, -0.15) is 0 Å². The molecule has 1 heterocycles. The van der Waals surface area contributed by atoms with Crippen LogP contribution in [0.1, 0.15) is 28.6 Å². The molecule has 4 nitrogen and oxygen atoms in total. The molecule has 0 amide bonds. The van der Waals surface area contributed by atoms with E-state index in [-0.39, 0.29) is 11.8 Å². The minimum atomic E-state index is -0.304. The number of phenolic OH excluding ortho intramolecular Hbond substituents is 1. The van der Waals surface area contributed by atoms with Crippen molar-refractivity contribution in [3.8, 4) is 5.75 Å². The van der Waals surface area contributed by atoms with Crippen molar-refractivity contribution < 1.29 is 9.52 Å². The lowest BCUT2D eigenvalue weighted by atomic mass is 10.1. The van der Waals surface area contributed by atoms with Crippen LogP contribution in [-0.2, 0) is 6.42 Å². The van der Waals surface area contributed by atoms with Gasteiger partial charge in [0.1, 0.15) is 11.3 Å². The van der Waals surface area contributed by atoms with Crippen LogP contribution in [0, 0.1) is 13.8 Å². The molecule has 0 fully saturated rings. The van der Waals surface area contributed by atoms with Gasteiger partial charge >= 0.3 is 0 Å². The molecular weight excluding hydrogens is 264 g/mol. The van der Waals surface area contributed by atoms with Crippen LogP contribution in [0.2, 0.25) is 0 Å². The molecule has 108 valence electrons. The fourth-order valence-corrected chi connectivity index (χ4v) is 2.53. The number of nitrogens with two attached hydrogens (primary N) is 1. The molecule has 0 aliphatic carbocycles. The summed E-state index contributed by atoms with van der Waals surface area (Å²) >= 11 is 0. The van der Waals surface area contributed by atoms with Crippen LogP contribution < -0.4 is 5.73 Å². The number of fused-ring (bicyclic) bond motifs is 1. The monoisotopic (exact) mass is 282 g/mol. The number of hydrogen-bond donors (Lipinski definition) is 2. The van der Waals surface area contributed by atoms with Gasteiger partial charge in [-0.25, -0.2) is 4.98 Å². The number of hydrogen-bond acceptors (Lipinski definition) is 4. The maximum absolute atomic E-state index is 9.30. The number of aromatic hydroxyl groups is 1. The Morgan fingerprint density at radius 2 is 1.90 bits per heavy atom. The van der Waals surface area contributed by atoms with E-state index < -0.39 is 0 Å². The fourth-order valence-electron chi connectivity index (χ4n) is 2.53. The van der Waals surface area contributed by atoms with Crippen molar-refractivity contribution in [3.05, 3.63) is 59.0 Å². The quantitative estimate of drug-likeness (QED) is 0.772. The summed E-state index contributed by atoms with van der Waals surface area (Å²) in [5, 5.41) is 9.30. The maximum Gasteiger partial charge on any atom is 0.212 e. The molecule has 0 radical (unpaired) electrons. The van der Waals surface area contributed by atoms with Crippen LogP contribution >= 0.6 is 0 Å². The van der Waals surface area contributed by atoms with Crippen LogP contribution in [0.3, 0.4) is 0 Å². The van der Waals surface area contributed by atoms with Gasteiger partial charge in [0, 0.05) is 0 Å². The Morgan fingerprint density at radius 3 is 2.62 bits per heavy atom. The van der Waals surface area contributed by atoms with Gasteiger partial charge < -0.3 is 15.3 Å². The Labute approximate surface area is 123 Å². The number of rotatable bonds is 3. The lowest BCUT2D eigenvalue weighted by molar-refractivity contribution is 0.470. The second-order valence-electron chi connectivity index (χ2n) is 5.46. The van der Waals surface area contributed by atoms with Gasteiger partial charge in [-0.1, -0.05) is 18.2 Å². The van der Waals surface area contributed by atoms with Crippen molar-refractivity contribution in [3.63, 3.8) is 0 Å². The molecule has 1 aromatic heterocycles. The lowest BCUT2D eigenvalue weighted by Crippen LogP contribution is -2.13. The van der Waals surface area contributed by atoms with E-state index >= 15 is 0 Å². The van der Waals surface area contributed by atoms with Crippen LogP contribution in [0.15, 0.2) is 40.8 Å². The minimum absolute atomic E-state index is 0.250. The molecule has 0 bridgehead atoms. The van der Waals surface area contributed by atoms with Crippen LogP contribution in [0.4, 0.5) is 0 Å². The van der Waals surface area contributed by atoms with Gasteiger partial charge in [0.2, 0.25) is 5.89 Å². The Hall–Kier alpha value is -2.33. The van der Waals surface area contributed by atoms with E-state index in [1.54, 1.807) is 12.1 Å². The SMILES string of the molecule is Cc1cc(C)c2oc(C(N)Cc3ccc(O)cc3)nc2c1. The summed E-state index contributed by atoms with van der Waals surface area (Å²) in [5.41, 5.74) is 11.1. The summed E-state index contributed by atoms with van der Waals surface area (Å²) in [4.78, 5) is 4.51. The first kappa shape index (κ1) is 13.6. The number of benzene rings is 2. The average Bonchev–Trinajstić information content (AvgIpc) is 2.85. The highest BCUT2D eigenvalue weighted by Gasteiger charge is 2.16. The zero-order valence-electron chi connectivity index (χ0n) is 12.1. The molecule has 1 atom stereocenters. The molecule has 3 N–H and O–H groups in total. The first-order valence-electron chi connectivity index (χ1n) is 6.94. The third-order valence-electron chi connectivity index (χ3n) is 3.55. The molecule has 0 spiro atoms. The molecule has 1 unspecified atom stereocenters. The second kappa shape index (κ2) is 5.22. The molecule has 3 aromatic rings. The van der Waals surface area contributed by atoms with Gasteiger partial charge in [0.15, 0.2) is 5.58 Å². The van der Waals surface area contributed by atoms with Crippen LogP contribution in [0.25, 0.3) is 11.1 Å². The van der Waals surface area contributed by atoms with Crippen LogP contribution in [-0.4, -0.2) is 10.1 Å². The van der Waals surface area contributed by atoms with Gasteiger partial charge in [-0.05, 0) is 55.2 Å². The molecule has 3 rings (SSSR count). The van der Waals surface area contributed by atoms with E-state index in [2.05, 4.69) is 11.1 Å². The number of phenols is 1. The average molecular weight is 282 g/mol. The van der Waals surface area contributed by atoms with Crippen molar-refractivity contribution >= 4 is 11.1 Å². The molecule has 0 saturated carbocycles. The van der Waals surface area contributed by atoms with E-state index in [4.69, 9.17) is 10.2 Å². The van der Waals surface area contributed by atoms with Crippen molar-refractivity contribution in [1.29, 1.82) is 0 Å². The second-order valence-corrected chi connectivity index (χ2v) is 5.46. The predicted molar refractivity (Wildman–Crippen MR) is 82.2 cm³/mol. The Kier molecular flexibility index (Phi) is 3.39. The van der Waals surface area contributed by atoms with Crippen LogP contribution in [0.5, 0.6) is 5.75 Å². The van der Waals surface area contributed by atoms with E-state index in [1.165, 1.54) is 0 Å². The largest absolute Gasteiger partial charge is 0.508 e. The van der Waals surface area contributed by atoms with Crippen molar-refractivity contribution in [2.75, 3.05) is 0 Å². The predicted octanol–water partition coefficient (Wildman–Crippen LogP) is 3.39. The molecule has 0 saturated heterocycles. The number of aryl methyl sites for hydroxylation is 2. The highest BCUT2D eigenvalue weighted by molar-refractivity contribution is 5.77. The van der Waals surface area contributed by atoms with Gasteiger partial charge in [0.25, 0.3) is 0 Å². The summed E-state index contributed by atoms with van der Waals surface area (Å²) < 4.78 is 5.83. The Balaban J connectivity index is 1.89. The number of nitrogens with zero attached hydrogens (tertiary/aromatic N) is 1. The maximum atomic E-state index is 9.30. The molecule has 21 heavy (non-hydrogen) atoms. The summed E-state index contributed by atoms with van der Waals surface area (Å²) in [5.74, 6) is 0.798. The molecule has 2 aromatic carbocycles. The minimum Gasteiger partial charge on any atom is -0.508 e. The fraction of sp³-hybridized carbons (Fsp3) is 0.235. The Morgan fingerprint density at radius 1 is 1.19 bits per heavy atom. The molecule has 0 aliphatic heterocycles. The molecular formula is C17H18N2O2. The molecule has 0 aliphatic rings. The van der Waals surface area contributed by atoms with Crippen molar-refractivity contribution in [2.45, 2.75) is 26.3 Å². The summed E-state index contributed by atoms with van der Waals surface area (Å²) in [6.07, 6.45) is 0.616. The van der Waals surface area contributed by atoms with Gasteiger partial charge in [-0.3, -0.25) is 0 Å². The summed E-state index contributed by atoms with van der Waals surface area (Å²) in [7, 11) is 0. The first-order valence-corrected chi connectivity index (χ1v) is 6.94. The van der Waals surface area contributed by atoms with Crippen molar-refractivity contribution in [2.24, 2.45) is 5.73 Å². The normalized spacial score (nSPS) is 12.7. The van der Waals surface area contributed by atoms with Crippen molar-refractivity contribution in [1.82, 2.24) is 4.98 Å². The number of oxazole rings is 1. The smallest absolute Gasteiger partial charge is 0.212 e. The Bertz CT molecular complexity index is 775. The topological polar surface area (TPSA) is 72.3 Å². The standard InChI is InChI=1S/C17H18N2O2/c1-10-7-11(2)16-15(8-10)19-17(21-16)14(18)9-12-3-5-13(20)6-4-12/h3-8,14,20H,9,18H2,1-2H3. The van der Waals surface area contributed by atoms with Gasteiger partial charge in [0.05, 0.1) is 6.04 Å². The molecule has 4 heteroatoms. The van der Waals surface area contributed by atoms with E-state index in [1.807, 2.05) is 32.0 Å². The van der Waals surface area contributed by atoms with E-state index in [9.17, 15) is 5.11 Å². The van der Waals surface area contributed by atoms with E-state index in [0.717, 1.165) is 27.8 Å². The van der Waals surface area contributed by atoms with E-state index in [0.29, 0.717) is 12.3 Å². The summed E-state index contributed by atoms with van der Waals surface area (Å²) in [6.45, 7) is 4.05. The highest BCUT2D eigenvalue weighted by atomic mass is 16.3. The number of aromatic nitrogens is 1. The zero-order chi connectivity index (χ0) is 15.0. The lowest BCUT2D eigenvalue weighted by Gasteiger charge is -2.07.